The monoisotopic (exact) mass is 267 g/mol. The summed E-state index contributed by atoms with van der Waals surface area (Å²) < 4.78 is 4.98. The molecule has 0 saturated heterocycles. The van der Waals surface area contributed by atoms with Crippen molar-refractivity contribution in [3.8, 4) is 0 Å². The van der Waals surface area contributed by atoms with Gasteiger partial charge in [-0.2, -0.15) is 0 Å². The first-order valence-corrected chi connectivity index (χ1v) is 7.80. The highest BCUT2D eigenvalue weighted by atomic mass is 16.5. The molecule has 19 heavy (non-hydrogen) atoms. The third-order valence-electron chi connectivity index (χ3n) is 3.23. The van der Waals surface area contributed by atoms with Crippen molar-refractivity contribution in [2.24, 2.45) is 5.92 Å². The van der Waals surface area contributed by atoms with Crippen LogP contribution in [-0.4, -0.2) is 12.6 Å². The summed E-state index contributed by atoms with van der Waals surface area (Å²) >= 11 is 0. The number of hydrogen-bond donors (Lipinski definition) is 0. The zero-order valence-electron chi connectivity index (χ0n) is 13.0. The lowest BCUT2D eigenvalue weighted by Crippen LogP contribution is -2.06. The SMILES string of the molecule is [CH]=C(C)C(=O)OCCCCCCCCCCC(C)C. The molecule has 0 aliphatic heterocycles. The van der Waals surface area contributed by atoms with Gasteiger partial charge in [-0.15, -0.1) is 0 Å². The molecule has 0 bridgehead atoms. The van der Waals surface area contributed by atoms with E-state index in [1.165, 1.54) is 44.9 Å². The van der Waals surface area contributed by atoms with Crippen LogP contribution < -0.4 is 0 Å². The molecule has 1 radical (unpaired) electrons. The summed E-state index contributed by atoms with van der Waals surface area (Å²) in [5.41, 5.74) is 0.237. The Morgan fingerprint density at radius 3 is 1.89 bits per heavy atom. The van der Waals surface area contributed by atoms with Crippen LogP contribution in [0, 0.1) is 12.5 Å². The quantitative estimate of drug-likeness (QED) is 0.280. The number of hydrogen-bond acceptors (Lipinski definition) is 2. The first-order valence-electron chi connectivity index (χ1n) is 7.80. The predicted octanol–water partition coefficient (Wildman–Crippen LogP) is 5.08. The molecule has 111 valence electrons. The topological polar surface area (TPSA) is 26.3 Å². The lowest BCUT2D eigenvalue weighted by molar-refractivity contribution is -0.139. The normalized spacial score (nSPS) is 10.7. The molecule has 0 saturated carbocycles. The van der Waals surface area contributed by atoms with Crippen LogP contribution >= 0.6 is 0 Å². The van der Waals surface area contributed by atoms with Gasteiger partial charge in [0.25, 0.3) is 0 Å². The number of unbranched alkanes of at least 4 members (excludes halogenated alkanes) is 7. The molecule has 0 aromatic heterocycles. The highest BCUT2D eigenvalue weighted by Crippen LogP contribution is 2.12. The molecule has 2 nitrogen and oxygen atoms in total. The first kappa shape index (κ1) is 18.2. The molecule has 0 N–H and O–H groups in total. The highest BCUT2D eigenvalue weighted by Gasteiger charge is 2.01. The molecule has 0 amide bonds. The van der Waals surface area contributed by atoms with Gasteiger partial charge in [-0.1, -0.05) is 71.8 Å². The molecule has 0 spiro atoms. The van der Waals surface area contributed by atoms with Crippen molar-refractivity contribution in [1.82, 2.24) is 0 Å². The third kappa shape index (κ3) is 13.4. The minimum absolute atomic E-state index is 0.237. The fourth-order valence-corrected chi connectivity index (χ4v) is 1.99. The van der Waals surface area contributed by atoms with Crippen LogP contribution in [0.15, 0.2) is 5.57 Å². The van der Waals surface area contributed by atoms with Crippen molar-refractivity contribution in [2.45, 2.75) is 78.6 Å². The van der Waals surface area contributed by atoms with E-state index in [0.717, 1.165) is 18.8 Å². The number of carbonyl (C=O) groups is 1. The maximum Gasteiger partial charge on any atom is 0.333 e. The van der Waals surface area contributed by atoms with E-state index in [-0.39, 0.29) is 11.5 Å². The summed E-state index contributed by atoms with van der Waals surface area (Å²) in [4.78, 5) is 11.0. The van der Waals surface area contributed by atoms with Crippen LogP contribution in [0.25, 0.3) is 0 Å². The minimum Gasteiger partial charge on any atom is -0.462 e. The van der Waals surface area contributed by atoms with E-state index < -0.39 is 0 Å². The van der Waals surface area contributed by atoms with Crippen molar-refractivity contribution in [1.29, 1.82) is 0 Å². The highest BCUT2D eigenvalue weighted by molar-refractivity contribution is 5.86. The van der Waals surface area contributed by atoms with Gasteiger partial charge < -0.3 is 4.74 Å². The van der Waals surface area contributed by atoms with Crippen LogP contribution in [0.1, 0.15) is 78.6 Å². The summed E-state index contributed by atoms with van der Waals surface area (Å²) in [7, 11) is 0. The lowest BCUT2D eigenvalue weighted by Gasteiger charge is -2.05. The molecular formula is C17H31O2. The molecule has 0 aromatic carbocycles. The van der Waals surface area contributed by atoms with Crippen LogP contribution in [0.5, 0.6) is 0 Å². The van der Waals surface area contributed by atoms with Gasteiger partial charge in [0.15, 0.2) is 0 Å². The fraction of sp³-hybridized carbons (Fsp3) is 0.824. The van der Waals surface area contributed by atoms with E-state index in [2.05, 4.69) is 13.8 Å². The molecule has 0 atom stereocenters. The Morgan fingerprint density at radius 2 is 1.42 bits per heavy atom. The third-order valence-corrected chi connectivity index (χ3v) is 3.23. The van der Waals surface area contributed by atoms with E-state index in [0.29, 0.717) is 6.61 Å². The van der Waals surface area contributed by atoms with E-state index in [4.69, 9.17) is 11.3 Å². The summed E-state index contributed by atoms with van der Waals surface area (Å²) in [5, 5.41) is 0. The maximum atomic E-state index is 11.0. The largest absolute Gasteiger partial charge is 0.462 e. The summed E-state index contributed by atoms with van der Waals surface area (Å²) in [6, 6.07) is 0. The van der Waals surface area contributed by atoms with Crippen LogP contribution in [-0.2, 0) is 9.53 Å². The fourth-order valence-electron chi connectivity index (χ4n) is 1.99. The Hall–Kier alpha value is -0.790. The second kappa shape index (κ2) is 12.3. The number of carbonyl (C=O) groups excluding carboxylic acids is 1. The summed E-state index contributed by atoms with van der Waals surface area (Å²) in [6.45, 7) is 12.0. The van der Waals surface area contributed by atoms with Crippen LogP contribution in [0.2, 0.25) is 0 Å². The Balaban J connectivity index is 3.11. The average Bonchev–Trinajstić information content (AvgIpc) is 2.35. The van der Waals surface area contributed by atoms with Crippen LogP contribution in [0.3, 0.4) is 0 Å². The van der Waals surface area contributed by atoms with Gasteiger partial charge in [0.05, 0.1) is 6.61 Å². The summed E-state index contributed by atoms with van der Waals surface area (Å²) in [5.74, 6) is 0.474. The Bertz CT molecular complexity index is 244. The van der Waals surface area contributed by atoms with Gasteiger partial charge in [-0.25, -0.2) is 4.79 Å². The van der Waals surface area contributed by atoms with Gasteiger partial charge in [0.2, 0.25) is 0 Å². The number of esters is 1. The van der Waals surface area contributed by atoms with Crippen LogP contribution in [0.4, 0.5) is 0 Å². The van der Waals surface area contributed by atoms with Gasteiger partial charge in [-0.05, 0) is 19.3 Å². The molecule has 0 rings (SSSR count). The standard InChI is InChI=1S/C17H31O2/c1-15(2)13-11-9-7-5-6-8-10-12-14-19-17(18)16(3)4/h3,15H,5-14H2,1-2,4H3. The van der Waals surface area contributed by atoms with Crippen molar-refractivity contribution >= 4 is 5.97 Å². The molecule has 2 heteroatoms. The smallest absolute Gasteiger partial charge is 0.333 e. The first-order chi connectivity index (χ1) is 9.04. The predicted molar refractivity (Wildman–Crippen MR) is 80.8 cm³/mol. The van der Waals surface area contributed by atoms with Gasteiger partial charge in [-0.3, -0.25) is 0 Å². The Kier molecular flexibility index (Phi) is 11.7. The lowest BCUT2D eigenvalue weighted by atomic mass is 10.0. The van der Waals surface area contributed by atoms with Crippen molar-refractivity contribution in [3.05, 3.63) is 12.2 Å². The Labute approximate surface area is 119 Å². The van der Waals surface area contributed by atoms with Gasteiger partial charge in [0.1, 0.15) is 0 Å². The van der Waals surface area contributed by atoms with E-state index in [1.54, 1.807) is 6.92 Å². The number of ether oxygens (including phenoxy) is 1. The number of rotatable bonds is 12. The van der Waals surface area contributed by atoms with E-state index in [9.17, 15) is 4.79 Å². The maximum absolute atomic E-state index is 11.0. The molecule has 0 aromatic rings. The van der Waals surface area contributed by atoms with Crippen molar-refractivity contribution in [2.75, 3.05) is 6.61 Å². The summed E-state index contributed by atoms with van der Waals surface area (Å²) in [6.07, 6.45) is 11.5. The van der Waals surface area contributed by atoms with Gasteiger partial charge >= 0.3 is 5.97 Å². The second-order valence-corrected chi connectivity index (χ2v) is 5.83. The molecular weight excluding hydrogens is 236 g/mol. The van der Waals surface area contributed by atoms with Gasteiger partial charge in [0, 0.05) is 5.57 Å². The molecule has 0 aliphatic rings. The average molecular weight is 267 g/mol. The minimum atomic E-state index is -0.370. The second-order valence-electron chi connectivity index (χ2n) is 5.83. The van der Waals surface area contributed by atoms with E-state index >= 15 is 0 Å². The molecule has 0 aliphatic carbocycles. The van der Waals surface area contributed by atoms with Crippen molar-refractivity contribution < 1.29 is 9.53 Å². The zero-order valence-corrected chi connectivity index (χ0v) is 13.0. The van der Waals surface area contributed by atoms with Crippen molar-refractivity contribution in [3.63, 3.8) is 0 Å². The zero-order chi connectivity index (χ0) is 14.5. The molecule has 0 heterocycles. The van der Waals surface area contributed by atoms with E-state index in [1.807, 2.05) is 0 Å². The Morgan fingerprint density at radius 1 is 0.947 bits per heavy atom. The molecule has 0 fully saturated rings. The molecule has 0 unspecified atom stereocenters.